The zero-order valence-corrected chi connectivity index (χ0v) is 15.8. The minimum absolute atomic E-state index is 0.159. The standard InChI is InChI=1S/C22H27N3O/c1-4-20(26)25-18-10-6-5-9-17(18)21(15(3)22(25)16-12-13-16)24-19-11-7-8-14(2)23-19/h5-11,15-16,21-22H,4,12-13H2,1-3H3,(H,23,24). The highest BCUT2D eigenvalue weighted by atomic mass is 16.2. The first kappa shape index (κ1) is 17.1. The zero-order chi connectivity index (χ0) is 18.3. The van der Waals surface area contributed by atoms with Crippen molar-refractivity contribution in [1.29, 1.82) is 0 Å². The highest BCUT2D eigenvalue weighted by Crippen LogP contribution is 2.49. The Kier molecular flexibility index (Phi) is 4.43. The zero-order valence-electron chi connectivity index (χ0n) is 15.8. The summed E-state index contributed by atoms with van der Waals surface area (Å²) < 4.78 is 0. The van der Waals surface area contributed by atoms with Crippen LogP contribution in [0.3, 0.4) is 0 Å². The van der Waals surface area contributed by atoms with Gasteiger partial charge in [0.15, 0.2) is 0 Å². The Morgan fingerprint density at radius 3 is 2.65 bits per heavy atom. The molecule has 1 aliphatic heterocycles. The molecule has 1 fully saturated rings. The topological polar surface area (TPSA) is 45.2 Å². The van der Waals surface area contributed by atoms with Gasteiger partial charge < -0.3 is 10.2 Å². The van der Waals surface area contributed by atoms with E-state index in [1.165, 1.54) is 18.4 Å². The van der Waals surface area contributed by atoms with Crippen molar-refractivity contribution in [3.8, 4) is 0 Å². The summed E-state index contributed by atoms with van der Waals surface area (Å²) in [5, 5.41) is 3.67. The SMILES string of the molecule is CCC(=O)N1c2ccccc2C(Nc2cccc(C)n2)C(C)C1C1CC1. The molecule has 1 aromatic heterocycles. The average Bonchev–Trinajstić information content (AvgIpc) is 3.48. The number of amides is 1. The van der Waals surface area contributed by atoms with Crippen LogP contribution < -0.4 is 10.2 Å². The maximum atomic E-state index is 12.8. The highest BCUT2D eigenvalue weighted by molar-refractivity contribution is 5.95. The number of rotatable bonds is 4. The summed E-state index contributed by atoms with van der Waals surface area (Å²) in [4.78, 5) is 19.6. The predicted molar refractivity (Wildman–Crippen MR) is 105 cm³/mol. The molecule has 0 radical (unpaired) electrons. The summed E-state index contributed by atoms with van der Waals surface area (Å²) in [6.45, 7) is 6.25. The molecule has 3 atom stereocenters. The van der Waals surface area contributed by atoms with Crippen LogP contribution in [-0.2, 0) is 4.79 Å². The molecule has 1 aromatic carbocycles. The van der Waals surface area contributed by atoms with E-state index in [0.717, 1.165) is 17.2 Å². The normalized spacial score (nSPS) is 24.9. The molecular weight excluding hydrogens is 322 g/mol. The monoisotopic (exact) mass is 349 g/mol. The van der Waals surface area contributed by atoms with Gasteiger partial charge in [-0.1, -0.05) is 38.1 Å². The molecule has 1 N–H and O–H groups in total. The van der Waals surface area contributed by atoms with Crippen molar-refractivity contribution < 1.29 is 4.79 Å². The number of carbonyl (C=O) groups excluding carboxylic acids is 1. The maximum absolute atomic E-state index is 12.8. The number of para-hydroxylation sites is 1. The van der Waals surface area contributed by atoms with Crippen LogP contribution in [0.1, 0.15) is 50.4 Å². The molecule has 1 aliphatic carbocycles. The van der Waals surface area contributed by atoms with E-state index in [-0.39, 0.29) is 18.0 Å². The van der Waals surface area contributed by atoms with Crippen LogP contribution in [-0.4, -0.2) is 16.9 Å². The number of benzene rings is 1. The number of nitrogens with one attached hydrogen (secondary N) is 1. The number of fused-ring (bicyclic) bond motifs is 1. The molecule has 4 rings (SSSR count). The number of nitrogens with zero attached hydrogens (tertiary/aromatic N) is 2. The molecule has 2 aliphatic rings. The van der Waals surface area contributed by atoms with E-state index in [1.807, 2.05) is 38.1 Å². The number of aromatic nitrogens is 1. The average molecular weight is 349 g/mol. The van der Waals surface area contributed by atoms with Gasteiger partial charge in [0.2, 0.25) is 5.91 Å². The molecule has 2 aromatic rings. The first-order valence-corrected chi connectivity index (χ1v) is 9.71. The van der Waals surface area contributed by atoms with E-state index in [0.29, 0.717) is 18.3 Å². The van der Waals surface area contributed by atoms with Gasteiger partial charge in [-0.2, -0.15) is 0 Å². The van der Waals surface area contributed by atoms with Gasteiger partial charge in [0.25, 0.3) is 0 Å². The number of aryl methyl sites for hydroxylation is 1. The molecule has 0 bridgehead atoms. The molecule has 3 unspecified atom stereocenters. The van der Waals surface area contributed by atoms with Gasteiger partial charge in [-0.05, 0) is 49.4 Å². The second-order valence-electron chi connectivity index (χ2n) is 7.65. The molecule has 136 valence electrons. The van der Waals surface area contributed by atoms with Crippen molar-refractivity contribution in [2.75, 3.05) is 10.2 Å². The maximum Gasteiger partial charge on any atom is 0.226 e. The Balaban J connectivity index is 1.77. The van der Waals surface area contributed by atoms with Crippen LogP contribution >= 0.6 is 0 Å². The summed E-state index contributed by atoms with van der Waals surface area (Å²) in [5.74, 6) is 2.08. The van der Waals surface area contributed by atoms with E-state index in [2.05, 4.69) is 40.3 Å². The molecule has 1 amide bonds. The number of carbonyl (C=O) groups is 1. The Hall–Kier alpha value is -2.36. The summed E-state index contributed by atoms with van der Waals surface area (Å²) in [6, 6.07) is 14.9. The third kappa shape index (κ3) is 2.98. The number of hydrogen-bond donors (Lipinski definition) is 1. The summed E-state index contributed by atoms with van der Waals surface area (Å²) in [5.41, 5.74) is 3.27. The van der Waals surface area contributed by atoms with Gasteiger partial charge in [0.05, 0.1) is 6.04 Å². The highest BCUT2D eigenvalue weighted by Gasteiger charge is 2.47. The van der Waals surface area contributed by atoms with E-state index >= 15 is 0 Å². The lowest BCUT2D eigenvalue weighted by Crippen LogP contribution is -2.51. The molecule has 26 heavy (non-hydrogen) atoms. The van der Waals surface area contributed by atoms with Gasteiger partial charge >= 0.3 is 0 Å². The van der Waals surface area contributed by atoms with Crippen LogP contribution in [0.25, 0.3) is 0 Å². The number of hydrogen-bond acceptors (Lipinski definition) is 3. The smallest absolute Gasteiger partial charge is 0.226 e. The fourth-order valence-corrected chi connectivity index (χ4v) is 4.39. The van der Waals surface area contributed by atoms with Crippen molar-refractivity contribution in [2.24, 2.45) is 11.8 Å². The third-order valence-electron chi connectivity index (χ3n) is 5.76. The lowest BCUT2D eigenvalue weighted by Gasteiger charge is -2.46. The first-order valence-electron chi connectivity index (χ1n) is 9.71. The van der Waals surface area contributed by atoms with E-state index < -0.39 is 0 Å². The summed E-state index contributed by atoms with van der Waals surface area (Å²) >= 11 is 0. The lowest BCUT2D eigenvalue weighted by atomic mass is 9.80. The number of pyridine rings is 1. The Bertz CT molecular complexity index is 815. The van der Waals surface area contributed by atoms with E-state index in [9.17, 15) is 4.79 Å². The molecule has 1 saturated carbocycles. The van der Waals surface area contributed by atoms with Crippen LogP contribution in [0.5, 0.6) is 0 Å². The third-order valence-corrected chi connectivity index (χ3v) is 5.76. The molecule has 4 heteroatoms. The van der Waals surface area contributed by atoms with Gasteiger partial charge in [0.1, 0.15) is 5.82 Å². The minimum atomic E-state index is 0.159. The van der Waals surface area contributed by atoms with Crippen LogP contribution in [0.2, 0.25) is 0 Å². The first-order chi connectivity index (χ1) is 12.6. The minimum Gasteiger partial charge on any atom is -0.363 e. The molecule has 2 heterocycles. The second kappa shape index (κ2) is 6.75. The molecule has 0 saturated heterocycles. The fourth-order valence-electron chi connectivity index (χ4n) is 4.39. The predicted octanol–water partition coefficient (Wildman–Crippen LogP) is 4.71. The molecular formula is C22H27N3O. The second-order valence-corrected chi connectivity index (χ2v) is 7.65. The van der Waals surface area contributed by atoms with Gasteiger partial charge in [0, 0.05) is 29.8 Å². The summed E-state index contributed by atoms with van der Waals surface area (Å²) in [7, 11) is 0. The Labute approximate surface area is 155 Å². The van der Waals surface area contributed by atoms with Crippen molar-refractivity contribution in [3.05, 3.63) is 53.7 Å². The van der Waals surface area contributed by atoms with Crippen molar-refractivity contribution >= 4 is 17.4 Å². The number of anilines is 2. The van der Waals surface area contributed by atoms with Crippen LogP contribution in [0.4, 0.5) is 11.5 Å². The molecule has 4 nitrogen and oxygen atoms in total. The Morgan fingerprint density at radius 2 is 1.96 bits per heavy atom. The van der Waals surface area contributed by atoms with Gasteiger partial charge in [-0.3, -0.25) is 4.79 Å². The summed E-state index contributed by atoms with van der Waals surface area (Å²) in [6.07, 6.45) is 2.99. The van der Waals surface area contributed by atoms with E-state index in [4.69, 9.17) is 0 Å². The fraction of sp³-hybridized carbons (Fsp3) is 0.455. The van der Waals surface area contributed by atoms with E-state index in [1.54, 1.807) is 0 Å². The van der Waals surface area contributed by atoms with Crippen molar-refractivity contribution in [2.45, 2.75) is 52.1 Å². The lowest BCUT2D eigenvalue weighted by molar-refractivity contribution is -0.119. The molecule has 0 spiro atoms. The van der Waals surface area contributed by atoms with Crippen LogP contribution in [0.15, 0.2) is 42.5 Å². The quantitative estimate of drug-likeness (QED) is 0.869. The van der Waals surface area contributed by atoms with Crippen LogP contribution in [0, 0.1) is 18.8 Å². The Morgan fingerprint density at radius 1 is 1.19 bits per heavy atom. The largest absolute Gasteiger partial charge is 0.363 e. The van der Waals surface area contributed by atoms with Crippen molar-refractivity contribution in [1.82, 2.24) is 4.98 Å². The van der Waals surface area contributed by atoms with Gasteiger partial charge in [-0.25, -0.2) is 4.98 Å². The van der Waals surface area contributed by atoms with Gasteiger partial charge in [-0.15, -0.1) is 0 Å². The van der Waals surface area contributed by atoms with Crippen molar-refractivity contribution in [3.63, 3.8) is 0 Å².